The van der Waals surface area contributed by atoms with Crippen molar-refractivity contribution in [3.05, 3.63) is 29.8 Å². The molecule has 1 heterocycles. The Morgan fingerprint density at radius 3 is 2.55 bits per heavy atom. The van der Waals surface area contributed by atoms with Crippen LogP contribution in [0.5, 0.6) is 5.75 Å². The second-order valence-electron chi connectivity index (χ2n) is 3.80. The summed E-state index contributed by atoms with van der Waals surface area (Å²) in [7, 11) is 0. The Balaban J connectivity index is 0.00000200. The van der Waals surface area contributed by atoms with E-state index >= 15 is 0 Å². The maximum absolute atomic E-state index is 12.9. The number of nitrogens with one attached hydrogen (secondary N) is 1. The Morgan fingerprint density at radius 1 is 1.35 bits per heavy atom. The van der Waals surface area contributed by atoms with Gasteiger partial charge in [0, 0.05) is 5.56 Å². The maximum atomic E-state index is 12.9. The number of alkyl carbamates (subject to hydrolysis) is 1. The fraction of sp³-hybridized carbons (Fsp3) is 0.364. The van der Waals surface area contributed by atoms with Crippen molar-refractivity contribution in [3.8, 4) is 5.75 Å². The van der Waals surface area contributed by atoms with Crippen LogP contribution in [0.2, 0.25) is 0 Å². The molecule has 0 aliphatic carbocycles. The molecule has 2 rings (SSSR count). The van der Waals surface area contributed by atoms with E-state index < -0.39 is 30.4 Å². The monoisotopic (exact) mass is 315 g/mol. The van der Waals surface area contributed by atoms with Gasteiger partial charge in [0.25, 0.3) is 0 Å². The van der Waals surface area contributed by atoms with E-state index in [1.54, 1.807) is 0 Å². The van der Waals surface area contributed by atoms with Gasteiger partial charge in [-0.05, 0) is 6.07 Å². The normalized spacial score (nSPS) is 18.2. The number of hydrogen-bond acceptors (Lipinski definition) is 3. The maximum Gasteiger partial charge on any atom is 0.461 e. The molecule has 1 amide bonds. The van der Waals surface area contributed by atoms with Crippen LogP contribution in [0.3, 0.4) is 0 Å². The highest BCUT2D eigenvalue weighted by Crippen LogP contribution is 2.33. The first-order chi connectivity index (χ1) is 8.90. The van der Waals surface area contributed by atoms with Gasteiger partial charge in [-0.2, -0.15) is 17.6 Å². The van der Waals surface area contributed by atoms with Crippen LogP contribution in [0, 0.1) is 0 Å². The molecule has 9 heteroatoms. The van der Waals surface area contributed by atoms with E-state index in [1.807, 2.05) is 0 Å². The van der Waals surface area contributed by atoms with Crippen LogP contribution >= 0.6 is 12.4 Å². The molecule has 1 aliphatic rings. The summed E-state index contributed by atoms with van der Waals surface area (Å²) >= 11 is 0. The standard InChI is InChI=1S/C11H9F4NO3.ClH/c12-9(13)11(14,15)19-8-4-2-1-3-6(8)7-5-18-10(17)16-7;/h1-4,7,9H,5H2,(H,16,17);1H/t7-;/m0./s1. The van der Waals surface area contributed by atoms with E-state index in [9.17, 15) is 22.4 Å². The molecule has 1 aromatic rings. The average Bonchev–Trinajstić information content (AvgIpc) is 2.76. The Kier molecular flexibility index (Phi) is 5.04. The van der Waals surface area contributed by atoms with Crippen molar-refractivity contribution in [2.45, 2.75) is 18.6 Å². The van der Waals surface area contributed by atoms with Crippen LogP contribution in [0.4, 0.5) is 22.4 Å². The lowest BCUT2D eigenvalue weighted by Crippen LogP contribution is -2.34. The van der Waals surface area contributed by atoms with Crippen molar-refractivity contribution in [2.24, 2.45) is 0 Å². The minimum Gasteiger partial charge on any atom is -0.447 e. The summed E-state index contributed by atoms with van der Waals surface area (Å²) in [5.41, 5.74) is 0.147. The Morgan fingerprint density at radius 2 is 2.00 bits per heavy atom. The van der Waals surface area contributed by atoms with Crippen molar-refractivity contribution in [2.75, 3.05) is 6.61 Å². The topological polar surface area (TPSA) is 47.6 Å². The number of halogens is 5. The van der Waals surface area contributed by atoms with E-state index in [0.717, 1.165) is 6.07 Å². The summed E-state index contributed by atoms with van der Waals surface area (Å²) in [4.78, 5) is 10.9. The number of carbonyl (C=O) groups is 1. The largest absolute Gasteiger partial charge is 0.461 e. The molecule has 4 nitrogen and oxygen atoms in total. The van der Waals surface area contributed by atoms with Crippen LogP contribution in [0.1, 0.15) is 11.6 Å². The van der Waals surface area contributed by atoms with Crippen LogP contribution in [0.15, 0.2) is 24.3 Å². The fourth-order valence-electron chi connectivity index (χ4n) is 1.60. The van der Waals surface area contributed by atoms with Gasteiger partial charge in [0.2, 0.25) is 0 Å². The first-order valence-corrected chi connectivity index (χ1v) is 5.27. The van der Waals surface area contributed by atoms with Gasteiger partial charge in [-0.1, -0.05) is 18.2 Å². The van der Waals surface area contributed by atoms with Crippen molar-refractivity contribution in [1.82, 2.24) is 5.32 Å². The van der Waals surface area contributed by atoms with Gasteiger partial charge >= 0.3 is 18.6 Å². The summed E-state index contributed by atoms with van der Waals surface area (Å²) in [5.74, 6) is -0.427. The van der Waals surface area contributed by atoms with Gasteiger partial charge in [-0.3, -0.25) is 0 Å². The average molecular weight is 316 g/mol. The molecule has 0 bridgehead atoms. The molecule has 0 spiro atoms. The highest BCUT2D eigenvalue weighted by atomic mass is 35.5. The number of amides is 1. The number of cyclic esters (lactones) is 1. The molecular weight excluding hydrogens is 306 g/mol. The molecule has 1 fully saturated rings. The summed E-state index contributed by atoms with van der Waals surface area (Å²) in [6.45, 7) is -0.0839. The van der Waals surface area contributed by atoms with Crippen LogP contribution < -0.4 is 10.1 Å². The van der Waals surface area contributed by atoms with Gasteiger partial charge in [-0.25, -0.2) is 4.79 Å². The van der Waals surface area contributed by atoms with Crippen molar-refractivity contribution in [1.29, 1.82) is 0 Å². The highest BCUT2D eigenvalue weighted by Gasteiger charge is 2.44. The molecule has 0 saturated carbocycles. The molecule has 1 aliphatic heterocycles. The number of ether oxygens (including phenoxy) is 2. The zero-order chi connectivity index (χ0) is 14.0. The Hall–Kier alpha value is -1.70. The lowest BCUT2D eigenvalue weighted by Gasteiger charge is -2.20. The Bertz CT molecular complexity index is 486. The number of para-hydroxylation sites is 1. The van der Waals surface area contributed by atoms with Crippen molar-refractivity contribution in [3.63, 3.8) is 0 Å². The van der Waals surface area contributed by atoms with E-state index in [2.05, 4.69) is 14.8 Å². The lowest BCUT2D eigenvalue weighted by molar-refractivity contribution is -0.253. The van der Waals surface area contributed by atoms with E-state index in [0.29, 0.717) is 0 Å². The van der Waals surface area contributed by atoms with Gasteiger partial charge in [0.15, 0.2) is 0 Å². The third-order valence-electron chi connectivity index (χ3n) is 2.47. The van der Waals surface area contributed by atoms with Crippen molar-refractivity contribution >= 4 is 18.5 Å². The lowest BCUT2D eigenvalue weighted by atomic mass is 10.1. The Labute approximate surface area is 117 Å². The zero-order valence-corrected chi connectivity index (χ0v) is 10.6. The molecule has 0 radical (unpaired) electrons. The fourth-order valence-corrected chi connectivity index (χ4v) is 1.60. The molecule has 0 unspecified atom stereocenters. The van der Waals surface area contributed by atoms with Gasteiger partial charge in [0.1, 0.15) is 12.4 Å². The van der Waals surface area contributed by atoms with Crippen LogP contribution in [-0.2, 0) is 4.74 Å². The predicted molar refractivity (Wildman–Crippen MR) is 62.5 cm³/mol. The third-order valence-corrected chi connectivity index (χ3v) is 2.47. The van der Waals surface area contributed by atoms with Gasteiger partial charge < -0.3 is 14.8 Å². The first kappa shape index (κ1) is 16.4. The smallest absolute Gasteiger partial charge is 0.447 e. The summed E-state index contributed by atoms with van der Waals surface area (Å²) in [5, 5.41) is 2.35. The SMILES string of the molecule is Cl.O=C1N[C@H](c2ccccc2OC(F)(F)C(F)F)CO1. The van der Waals surface area contributed by atoms with Crippen LogP contribution in [0.25, 0.3) is 0 Å². The molecule has 112 valence electrons. The second-order valence-corrected chi connectivity index (χ2v) is 3.80. The minimum absolute atomic E-state index is 0. The molecule has 1 saturated heterocycles. The summed E-state index contributed by atoms with van der Waals surface area (Å²) < 4.78 is 58.6. The van der Waals surface area contributed by atoms with E-state index in [1.165, 1.54) is 18.2 Å². The number of benzene rings is 1. The molecule has 1 aromatic carbocycles. The molecular formula is C11H10ClF4NO3. The van der Waals surface area contributed by atoms with Gasteiger partial charge in [0.05, 0.1) is 6.04 Å². The number of rotatable bonds is 4. The number of carbonyl (C=O) groups excluding carboxylic acids is 1. The van der Waals surface area contributed by atoms with Gasteiger partial charge in [-0.15, -0.1) is 12.4 Å². The van der Waals surface area contributed by atoms with E-state index in [4.69, 9.17) is 0 Å². The predicted octanol–water partition coefficient (Wildman–Crippen LogP) is 3.13. The summed E-state index contributed by atoms with van der Waals surface area (Å²) in [6, 6.07) is 4.66. The number of alkyl halides is 4. The quantitative estimate of drug-likeness (QED) is 0.868. The second kappa shape index (κ2) is 6.17. The van der Waals surface area contributed by atoms with E-state index in [-0.39, 0.29) is 24.6 Å². The molecule has 1 N–H and O–H groups in total. The molecule has 0 aromatic heterocycles. The number of hydrogen-bond donors (Lipinski definition) is 1. The summed E-state index contributed by atoms with van der Waals surface area (Å²) in [6.07, 6.45) is -9.25. The molecule has 1 atom stereocenters. The molecule has 20 heavy (non-hydrogen) atoms. The van der Waals surface area contributed by atoms with Crippen LogP contribution in [-0.4, -0.2) is 25.2 Å². The first-order valence-electron chi connectivity index (χ1n) is 5.27. The highest BCUT2D eigenvalue weighted by molar-refractivity contribution is 5.85. The third kappa shape index (κ3) is 3.44. The minimum atomic E-state index is -4.60. The van der Waals surface area contributed by atoms with Crippen molar-refractivity contribution < 1.29 is 31.8 Å². The zero-order valence-electron chi connectivity index (χ0n) is 9.82.